The maximum absolute atomic E-state index is 11.8. The molecule has 0 aliphatic carbocycles. The zero-order valence-corrected chi connectivity index (χ0v) is 10.8. The topological polar surface area (TPSA) is 55.8 Å². The van der Waals surface area contributed by atoms with Crippen molar-refractivity contribution in [1.29, 1.82) is 0 Å². The zero-order chi connectivity index (χ0) is 14.1. The number of nitrogens with zero attached hydrogens (tertiary/aromatic N) is 1. The third-order valence-corrected chi connectivity index (χ3v) is 2.17. The number of carbonyl (C=O) groups is 2. The van der Waals surface area contributed by atoms with Gasteiger partial charge < -0.3 is 14.4 Å². The summed E-state index contributed by atoms with van der Waals surface area (Å²) in [5.74, 6) is -0.852. The maximum atomic E-state index is 11.8. The molecule has 0 atom stereocenters. The highest BCUT2D eigenvalue weighted by molar-refractivity contribution is 5.82. The van der Waals surface area contributed by atoms with Gasteiger partial charge in [-0.25, -0.2) is 8.78 Å². The first kappa shape index (κ1) is 16.8. The molecule has 1 amide bonds. The number of carbonyl (C=O) groups excluding carboxylic acids is 2. The Morgan fingerprint density at radius 1 is 1.28 bits per heavy atom. The Balaban J connectivity index is 4.11. The largest absolute Gasteiger partial charge is 0.468 e. The molecular formula is C11H19F2NO4. The molecule has 18 heavy (non-hydrogen) atoms. The number of ether oxygens (including phenoxy) is 2. The highest BCUT2D eigenvalue weighted by Gasteiger charge is 2.20. The standard InChI is InChI=1S/C11H19F2NO4/c1-8(2)14(6-11(16)17-3)10(15)4-5-18-7-9(12)13/h8-9H,4-7H2,1-3H3. The first-order valence-corrected chi connectivity index (χ1v) is 5.60. The molecule has 0 bridgehead atoms. The lowest BCUT2D eigenvalue weighted by Crippen LogP contribution is -2.41. The first-order chi connectivity index (χ1) is 8.38. The van der Waals surface area contributed by atoms with Crippen molar-refractivity contribution in [1.82, 2.24) is 4.90 Å². The molecule has 106 valence electrons. The Bertz CT molecular complexity index is 272. The van der Waals surface area contributed by atoms with Gasteiger partial charge in [0.15, 0.2) is 0 Å². The smallest absolute Gasteiger partial charge is 0.325 e. The maximum Gasteiger partial charge on any atom is 0.325 e. The van der Waals surface area contributed by atoms with E-state index in [1.54, 1.807) is 13.8 Å². The summed E-state index contributed by atoms with van der Waals surface area (Å²) in [7, 11) is 1.23. The van der Waals surface area contributed by atoms with Crippen LogP contribution in [0.3, 0.4) is 0 Å². The van der Waals surface area contributed by atoms with Crippen LogP contribution in [0.25, 0.3) is 0 Å². The molecule has 0 saturated heterocycles. The summed E-state index contributed by atoms with van der Waals surface area (Å²) in [4.78, 5) is 24.2. The SMILES string of the molecule is COC(=O)CN(C(=O)CCOCC(F)F)C(C)C. The van der Waals surface area contributed by atoms with Crippen LogP contribution < -0.4 is 0 Å². The monoisotopic (exact) mass is 267 g/mol. The molecular weight excluding hydrogens is 248 g/mol. The lowest BCUT2D eigenvalue weighted by molar-refractivity contribution is -0.148. The number of methoxy groups -OCH3 is 1. The molecule has 0 aliphatic rings. The normalized spacial score (nSPS) is 10.8. The summed E-state index contributed by atoms with van der Waals surface area (Å²) in [6.45, 7) is 2.57. The van der Waals surface area contributed by atoms with Crippen LogP contribution in [0.5, 0.6) is 0 Å². The van der Waals surface area contributed by atoms with E-state index in [0.29, 0.717) is 0 Å². The van der Waals surface area contributed by atoms with E-state index in [9.17, 15) is 18.4 Å². The first-order valence-electron chi connectivity index (χ1n) is 5.60. The van der Waals surface area contributed by atoms with Crippen LogP contribution in [0.2, 0.25) is 0 Å². The molecule has 0 radical (unpaired) electrons. The second-order valence-electron chi connectivity index (χ2n) is 3.91. The Labute approximate surface area is 105 Å². The molecule has 0 N–H and O–H groups in total. The second kappa shape index (κ2) is 8.79. The number of rotatable bonds is 8. The van der Waals surface area contributed by atoms with Gasteiger partial charge in [-0.3, -0.25) is 9.59 Å². The van der Waals surface area contributed by atoms with E-state index in [0.717, 1.165) is 0 Å². The molecule has 7 heteroatoms. The van der Waals surface area contributed by atoms with E-state index >= 15 is 0 Å². The van der Waals surface area contributed by atoms with E-state index < -0.39 is 19.0 Å². The summed E-state index contributed by atoms with van der Waals surface area (Å²) in [5, 5.41) is 0. The lowest BCUT2D eigenvalue weighted by Gasteiger charge is -2.25. The molecule has 0 aromatic carbocycles. The fourth-order valence-electron chi connectivity index (χ4n) is 1.24. The molecule has 5 nitrogen and oxygen atoms in total. The van der Waals surface area contributed by atoms with E-state index in [-0.39, 0.29) is 31.5 Å². The van der Waals surface area contributed by atoms with Gasteiger partial charge in [-0.2, -0.15) is 0 Å². The van der Waals surface area contributed by atoms with Gasteiger partial charge in [0.1, 0.15) is 13.2 Å². The molecule has 0 aromatic rings. The van der Waals surface area contributed by atoms with Gasteiger partial charge in [0, 0.05) is 6.04 Å². The van der Waals surface area contributed by atoms with Crippen molar-refractivity contribution in [3.05, 3.63) is 0 Å². The minimum absolute atomic E-state index is 0.0398. The number of halogens is 2. The van der Waals surface area contributed by atoms with Gasteiger partial charge in [0.2, 0.25) is 5.91 Å². The van der Waals surface area contributed by atoms with Crippen molar-refractivity contribution >= 4 is 11.9 Å². The van der Waals surface area contributed by atoms with Crippen molar-refractivity contribution in [2.45, 2.75) is 32.7 Å². The van der Waals surface area contributed by atoms with Crippen molar-refractivity contribution in [2.75, 3.05) is 26.9 Å². The average molecular weight is 267 g/mol. The van der Waals surface area contributed by atoms with Gasteiger partial charge in [0.25, 0.3) is 6.43 Å². The zero-order valence-electron chi connectivity index (χ0n) is 10.8. The third-order valence-electron chi connectivity index (χ3n) is 2.17. The molecule has 0 fully saturated rings. The number of hydrogen-bond donors (Lipinski definition) is 0. The van der Waals surface area contributed by atoms with Crippen molar-refractivity contribution in [2.24, 2.45) is 0 Å². The van der Waals surface area contributed by atoms with Crippen molar-refractivity contribution in [3.8, 4) is 0 Å². The highest BCUT2D eigenvalue weighted by Crippen LogP contribution is 2.03. The molecule has 0 aliphatic heterocycles. The van der Waals surface area contributed by atoms with E-state index in [2.05, 4.69) is 9.47 Å². The fourth-order valence-corrected chi connectivity index (χ4v) is 1.24. The summed E-state index contributed by atoms with van der Waals surface area (Å²) >= 11 is 0. The van der Waals surface area contributed by atoms with Crippen LogP contribution in [0.15, 0.2) is 0 Å². The lowest BCUT2D eigenvalue weighted by atomic mass is 10.2. The van der Waals surface area contributed by atoms with Crippen LogP contribution in [-0.2, 0) is 19.1 Å². The second-order valence-corrected chi connectivity index (χ2v) is 3.91. The van der Waals surface area contributed by atoms with Crippen LogP contribution in [0.1, 0.15) is 20.3 Å². The molecule has 0 saturated carbocycles. The van der Waals surface area contributed by atoms with Gasteiger partial charge in [0.05, 0.1) is 20.1 Å². The Morgan fingerprint density at radius 2 is 1.89 bits per heavy atom. The van der Waals surface area contributed by atoms with Crippen LogP contribution >= 0.6 is 0 Å². The highest BCUT2D eigenvalue weighted by atomic mass is 19.3. The van der Waals surface area contributed by atoms with Crippen LogP contribution in [0.4, 0.5) is 8.78 Å². The molecule has 0 aromatic heterocycles. The Hall–Kier alpha value is -1.24. The van der Waals surface area contributed by atoms with E-state index in [4.69, 9.17) is 0 Å². The van der Waals surface area contributed by atoms with E-state index in [1.807, 2.05) is 0 Å². The Morgan fingerprint density at radius 3 is 2.33 bits per heavy atom. The number of alkyl halides is 2. The van der Waals surface area contributed by atoms with Crippen molar-refractivity contribution in [3.63, 3.8) is 0 Å². The third kappa shape index (κ3) is 7.16. The predicted octanol–water partition coefficient (Wildman–Crippen LogP) is 1.07. The summed E-state index contributed by atoms with van der Waals surface area (Å²) in [6, 6.07) is -0.174. The predicted molar refractivity (Wildman–Crippen MR) is 60.3 cm³/mol. The molecule has 0 heterocycles. The average Bonchev–Trinajstić information content (AvgIpc) is 2.30. The van der Waals surface area contributed by atoms with Gasteiger partial charge in [-0.05, 0) is 13.8 Å². The summed E-state index contributed by atoms with van der Waals surface area (Å²) in [6.07, 6.45) is -2.58. The summed E-state index contributed by atoms with van der Waals surface area (Å²) < 4.78 is 32.7. The van der Waals surface area contributed by atoms with Gasteiger partial charge >= 0.3 is 5.97 Å². The Kier molecular flexibility index (Phi) is 8.19. The quantitative estimate of drug-likeness (QED) is 0.487. The van der Waals surface area contributed by atoms with Crippen molar-refractivity contribution < 1.29 is 27.8 Å². The summed E-state index contributed by atoms with van der Waals surface area (Å²) in [5.41, 5.74) is 0. The van der Waals surface area contributed by atoms with Crippen LogP contribution in [0, 0.1) is 0 Å². The minimum Gasteiger partial charge on any atom is -0.468 e. The fraction of sp³-hybridized carbons (Fsp3) is 0.818. The number of esters is 1. The molecule has 0 spiro atoms. The molecule has 0 unspecified atom stereocenters. The number of hydrogen-bond acceptors (Lipinski definition) is 4. The number of amides is 1. The van der Waals surface area contributed by atoms with E-state index in [1.165, 1.54) is 12.0 Å². The van der Waals surface area contributed by atoms with Gasteiger partial charge in [-0.1, -0.05) is 0 Å². The van der Waals surface area contributed by atoms with Crippen LogP contribution in [-0.4, -0.2) is 56.1 Å². The minimum atomic E-state index is -2.55. The molecule has 0 rings (SSSR count). The van der Waals surface area contributed by atoms with Gasteiger partial charge in [-0.15, -0.1) is 0 Å².